The van der Waals surface area contributed by atoms with E-state index < -0.39 is 0 Å². The molecule has 0 fully saturated rings. The van der Waals surface area contributed by atoms with E-state index in [2.05, 4.69) is 11.9 Å². The third-order valence-electron chi connectivity index (χ3n) is 2.84. The fourth-order valence-electron chi connectivity index (χ4n) is 1.88. The van der Waals surface area contributed by atoms with Crippen LogP contribution in [0.1, 0.15) is 15.9 Å². The number of hydrogen-bond donors (Lipinski definition) is 1. The van der Waals surface area contributed by atoms with E-state index in [-0.39, 0.29) is 5.91 Å². The maximum atomic E-state index is 11.9. The lowest BCUT2D eigenvalue weighted by Gasteiger charge is -2.09. The summed E-state index contributed by atoms with van der Waals surface area (Å²) in [7, 11) is 1.64. The molecule has 18 heavy (non-hydrogen) atoms. The number of amides is 1. The molecule has 0 aliphatic rings. The predicted molar refractivity (Wildman–Crippen MR) is 75.4 cm³/mol. The molecular weight excluding hydrogens is 222 g/mol. The fourth-order valence-corrected chi connectivity index (χ4v) is 1.88. The van der Waals surface area contributed by atoms with Gasteiger partial charge in [-0.3, -0.25) is 4.79 Å². The quantitative estimate of drug-likeness (QED) is 0.871. The van der Waals surface area contributed by atoms with Crippen LogP contribution in [0, 0.1) is 0 Å². The molecule has 0 bridgehead atoms. The largest absolute Gasteiger partial charge is 0.355 e. The maximum absolute atomic E-state index is 11.9. The molecule has 2 rings (SSSR count). The van der Waals surface area contributed by atoms with Crippen LogP contribution in [0.3, 0.4) is 0 Å². The highest BCUT2D eigenvalue weighted by Gasteiger charge is 2.11. The molecule has 0 saturated carbocycles. The van der Waals surface area contributed by atoms with Crippen molar-refractivity contribution >= 4 is 12.0 Å². The van der Waals surface area contributed by atoms with Crippen molar-refractivity contribution in [1.29, 1.82) is 0 Å². The van der Waals surface area contributed by atoms with Crippen molar-refractivity contribution in [2.45, 2.75) is 0 Å². The molecule has 0 aromatic heterocycles. The molecule has 2 nitrogen and oxygen atoms in total. The molecule has 0 heterocycles. The Bertz CT molecular complexity index is 573. The summed E-state index contributed by atoms with van der Waals surface area (Å²) in [4.78, 5) is 11.9. The van der Waals surface area contributed by atoms with E-state index in [1.807, 2.05) is 48.5 Å². The lowest BCUT2D eigenvalue weighted by molar-refractivity contribution is 0.0963. The van der Waals surface area contributed by atoms with Gasteiger partial charge < -0.3 is 5.32 Å². The van der Waals surface area contributed by atoms with Crippen LogP contribution in [0.15, 0.2) is 55.1 Å². The van der Waals surface area contributed by atoms with Crippen molar-refractivity contribution in [3.05, 3.63) is 66.2 Å². The minimum absolute atomic E-state index is 0.0856. The molecule has 2 aromatic carbocycles. The Balaban J connectivity index is 2.60. The van der Waals surface area contributed by atoms with Crippen LogP contribution in [0.4, 0.5) is 0 Å². The Hall–Kier alpha value is -2.35. The van der Waals surface area contributed by atoms with Gasteiger partial charge in [-0.1, -0.05) is 55.1 Å². The lowest BCUT2D eigenvalue weighted by Crippen LogP contribution is -2.18. The summed E-state index contributed by atoms with van der Waals surface area (Å²) in [6.07, 6.45) is 1.74. The third-order valence-corrected chi connectivity index (χ3v) is 2.84. The molecule has 0 spiro atoms. The van der Waals surface area contributed by atoms with Gasteiger partial charge in [-0.15, -0.1) is 0 Å². The van der Waals surface area contributed by atoms with Gasteiger partial charge in [0.05, 0.1) is 0 Å². The molecular formula is C16H15NO. The lowest BCUT2D eigenvalue weighted by atomic mass is 9.97. The van der Waals surface area contributed by atoms with Crippen molar-refractivity contribution in [1.82, 2.24) is 5.32 Å². The van der Waals surface area contributed by atoms with Crippen LogP contribution in [-0.2, 0) is 0 Å². The molecule has 0 radical (unpaired) electrons. The number of hydrogen-bond acceptors (Lipinski definition) is 1. The highest BCUT2D eigenvalue weighted by atomic mass is 16.1. The highest BCUT2D eigenvalue weighted by Crippen LogP contribution is 2.25. The van der Waals surface area contributed by atoms with Crippen molar-refractivity contribution in [3.63, 3.8) is 0 Å². The normalized spacial score (nSPS) is 9.83. The zero-order valence-electron chi connectivity index (χ0n) is 10.3. The summed E-state index contributed by atoms with van der Waals surface area (Å²) in [5, 5.41) is 2.67. The molecule has 0 unspecified atom stereocenters. The second-order valence-corrected chi connectivity index (χ2v) is 3.95. The third kappa shape index (κ3) is 2.33. The van der Waals surface area contributed by atoms with Gasteiger partial charge in [0.1, 0.15) is 0 Å². The van der Waals surface area contributed by atoms with E-state index in [9.17, 15) is 4.79 Å². The van der Waals surface area contributed by atoms with Crippen LogP contribution in [0.5, 0.6) is 0 Å². The molecule has 2 aromatic rings. The summed E-state index contributed by atoms with van der Waals surface area (Å²) in [6, 6.07) is 15.6. The summed E-state index contributed by atoms with van der Waals surface area (Å²) in [6.45, 7) is 3.73. The van der Waals surface area contributed by atoms with Gasteiger partial charge in [0, 0.05) is 12.6 Å². The van der Waals surface area contributed by atoms with E-state index in [1.54, 1.807) is 13.1 Å². The smallest absolute Gasteiger partial charge is 0.251 e. The van der Waals surface area contributed by atoms with Crippen molar-refractivity contribution < 1.29 is 4.79 Å². The molecule has 2 heteroatoms. The monoisotopic (exact) mass is 237 g/mol. The van der Waals surface area contributed by atoms with E-state index >= 15 is 0 Å². The zero-order chi connectivity index (χ0) is 13.0. The first-order valence-electron chi connectivity index (χ1n) is 5.80. The van der Waals surface area contributed by atoms with Crippen molar-refractivity contribution in [2.75, 3.05) is 7.05 Å². The summed E-state index contributed by atoms with van der Waals surface area (Å²) < 4.78 is 0. The van der Waals surface area contributed by atoms with Crippen LogP contribution < -0.4 is 5.32 Å². The fraction of sp³-hybridized carbons (Fsp3) is 0.0625. The second kappa shape index (κ2) is 5.32. The van der Waals surface area contributed by atoms with Crippen LogP contribution in [-0.4, -0.2) is 13.0 Å². The number of carbonyl (C=O) groups excluding carboxylic acids is 1. The predicted octanol–water partition coefficient (Wildman–Crippen LogP) is 3.36. The van der Waals surface area contributed by atoms with E-state index in [0.717, 1.165) is 16.7 Å². The van der Waals surface area contributed by atoms with Gasteiger partial charge in [-0.05, 0) is 22.8 Å². The van der Waals surface area contributed by atoms with Crippen LogP contribution >= 0.6 is 0 Å². The van der Waals surface area contributed by atoms with E-state index in [0.29, 0.717) is 5.56 Å². The van der Waals surface area contributed by atoms with Gasteiger partial charge in [0.15, 0.2) is 0 Å². The average Bonchev–Trinajstić information content (AvgIpc) is 2.46. The van der Waals surface area contributed by atoms with Gasteiger partial charge in [-0.2, -0.15) is 0 Å². The molecule has 90 valence electrons. The molecule has 0 aliphatic carbocycles. The zero-order valence-corrected chi connectivity index (χ0v) is 10.3. The maximum Gasteiger partial charge on any atom is 0.251 e. The highest BCUT2D eigenvalue weighted by molar-refractivity contribution is 6.01. The van der Waals surface area contributed by atoms with Gasteiger partial charge in [0.2, 0.25) is 0 Å². The van der Waals surface area contributed by atoms with Crippen molar-refractivity contribution in [3.8, 4) is 11.1 Å². The first-order chi connectivity index (χ1) is 8.76. The second-order valence-electron chi connectivity index (χ2n) is 3.95. The first kappa shape index (κ1) is 12.1. The minimum atomic E-state index is -0.0856. The number of benzene rings is 2. The van der Waals surface area contributed by atoms with Gasteiger partial charge >= 0.3 is 0 Å². The summed E-state index contributed by atoms with van der Waals surface area (Å²) in [5.74, 6) is -0.0856. The SMILES string of the molecule is C=Cc1ccc(-c2ccccc2)c(C(=O)NC)c1. The van der Waals surface area contributed by atoms with Gasteiger partial charge in [0.25, 0.3) is 5.91 Å². The Morgan fingerprint density at radius 1 is 1.17 bits per heavy atom. The standard InChI is InChI=1S/C16H15NO/c1-3-12-9-10-14(13-7-5-4-6-8-13)15(11-12)16(18)17-2/h3-11H,1H2,2H3,(H,17,18). The first-order valence-corrected chi connectivity index (χ1v) is 5.80. The number of carbonyl (C=O) groups is 1. The summed E-state index contributed by atoms with van der Waals surface area (Å²) >= 11 is 0. The van der Waals surface area contributed by atoms with Crippen molar-refractivity contribution in [2.24, 2.45) is 0 Å². The molecule has 0 atom stereocenters. The molecule has 1 amide bonds. The summed E-state index contributed by atoms with van der Waals surface area (Å²) in [5.41, 5.74) is 3.57. The van der Waals surface area contributed by atoms with Gasteiger partial charge in [-0.25, -0.2) is 0 Å². The van der Waals surface area contributed by atoms with E-state index in [4.69, 9.17) is 0 Å². The Morgan fingerprint density at radius 3 is 2.50 bits per heavy atom. The van der Waals surface area contributed by atoms with Crippen LogP contribution in [0.25, 0.3) is 17.2 Å². The number of rotatable bonds is 3. The average molecular weight is 237 g/mol. The van der Waals surface area contributed by atoms with E-state index in [1.165, 1.54) is 0 Å². The minimum Gasteiger partial charge on any atom is -0.355 e. The topological polar surface area (TPSA) is 29.1 Å². The Kier molecular flexibility index (Phi) is 3.58. The van der Waals surface area contributed by atoms with Crippen LogP contribution in [0.2, 0.25) is 0 Å². The molecule has 1 N–H and O–H groups in total. The Labute approximate surface area is 107 Å². The molecule has 0 aliphatic heterocycles. The number of nitrogens with one attached hydrogen (secondary N) is 1. The molecule has 0 saturated heterocycles. The Morgan fingerprint density at radius 2 is 1.89 bits per heavy atom.